The van der Waals surface area contributed by atoms with Crippen molar-refractivity contribution in [3.63, 3.8) is 0 Å². The number of carbonyl (C=O) groups is 2. The molecule has 1 spiro atoms. The fraction of sp³-hybridized carbons (Fsp3) is 0.704. The van der Waals surface area contributed by atoms with E-state index >= 15 is 0 Å². The van der Waals surface area contributed by atoms with Crippen LogP contribution in [-0.2, 0) is 23.7 Å². The lowest BCUT2D eigenvalue weighted by Crippen LogP contribution is -2.46. The highest BCUT2D eigenvalue weighted by Crippen LogP contribution is 2.58. The SMILES string of the molecule is CC(/C=C/[C@@H]1CC2(CC2)CC(C)(C)O1)=C\C[C@H]1OC[C@@H](NC(=O)/C=C\[C@H](C)OC(=O)N(C)C)CO1. The summed E-state index contributed by atoms with van der Waals surface area (Å²) in [4.78, 5) is 25.0. The van der Waals surface area contributed by atoms with Gasteiger partial charge in [-0.25, -0.2) is 4.79 Å². The molecule has 0 bridgehead atoms. The molecule has 8 nitrogen and oxygen atoms in total. The number of nitrogens with one attached hydrogen (secondary N) is 1. The standard InChI is InChI=1S/C27H42N2O6/c1-19(7-10-22-15-27(13-14-27)18-26(3,4)35-22)8-12-24-32-16-21(17-33-24)28-23(30)11-9-20(2)34-25(31)29(5)6/h7-11,20-22,24H,12-18H2,1-6H3,(H,28,30)/b10-7+,11-9-,19-8+/t20-,21-,22+,24+/m0/s1. The summed E-state index contributed by atoms with van der Waals surface area (Å²) in [5.41, 5.74) is 1.61. The zero-order chi connectivity index (χ0) is 25.6. The van der Waals surface area contributed by atoms with Gasteiger partial charge in [0.05, 0.1) is 31.0 Å². The molecule has 2 atom stereocenters. The summed E-state index contributed by atoms with van der Waals surface area (Å²) in [7, 11) is 3.21. The highest BCUT2D eigenvalue weighted by Gasteiger charge is 2.51. The van der Waals surface area contributed by atoms with Gasteiger partial charge in [0.15, 0.2) is 6.29 Å². The lowest BCUT2D eigenvalue weighted by atomic mass is 9.82. The Balaban J connectivity index is 1.35. The Hall–Kier alpha value is -2.16. The van der Waals surface area contributed by atoms with Gasteiger partial charge in [0, 0.05) is 26.6 Å². The van der Waals surface area contributed by atoms with E-state index in [0.717, 1.165) is 12.0 Å². The lowest BCUT2D eigenvalue weighted by Gasteiger charge is -2.40. The topological polar surface area (TPSA) is 86.3 Å². The molecule has 3 fully saturated rings. The third kappa shape index (κ3) is 9.09. The summed E-state index contributed by atoms with van der Waals surface area (Å²) in [6, 6.07) is -0.227. The Morgan fingerprint density at radius 2 is 1.86 bits per heavy atom. The molecule has 0 aromatic carbocycles. The summed E-state index contributed by atoms with van der Waals surface area (Å²) >= 11 is 0. The summed E-state index contributed by atoms with van der Waals surface area (Å²) in [5, 5.41) is 2.84. The van der Waals surface area contributed by atoms with Crippen molar-refractivity contribution in [2.24, 2.45) is 5.41 Å². The molecule has 3 aliphatic rings. The summed E-state index contributed by atoms with van der Waals surface area (Å²) < 4.78 is 23.0. The van der Waals surface area contributed by atoms with Gasteiger partial charge >= 0.3 is 6.09 Å². The minimum Gasteiger partial charge on any atom is -0.442 e. The summed E-state index contributed by atoms with van der Waals surface area (Å²) in [6.07, 6.45) is 13.8. The third-order valence-electron chi connectivity index (χ3n) is 6.55. The zero-order valence-corrected chi connectivity index (χ0v) is 22.0. The van der Waals surface area contributed by atoms with Crippen LogP contribution in [0.2, 0.25) is 0 Å². The summed E-state index contributed by atoms with van der Waals surface area (Å²) in [6.45, 7) is 8.93. The van der Waals surface area contributed by atoms with Gasteiger partial charge in [-0.1, -0.05) is 23.8 Å². The molecule has 2 heterocycles. The fourth-order valence-corrected chi connectivity index (χ4v) is 4.71. The molecule has 0 radical (unpaired) electrons. The van der Waals surface area contributed by atoms with Crippen molar-refractivity contribution in [3.05, 3.63) is 36.0 Å². The normalized spacial score (nSPS) is 28.7. The van der Waals surface area contributed by atoms with Gasteiger partial charge in [0.1, 0.15) is 6.10 Å². The largest absolute Gasteiger partial charge is 0.442 e. The number of carbonyl (C=O) groups excluding carboxylic acids is 2. The average Bonchev–Trinajstić information content (AvgIpc) is 3.51. The molecule has 35 heavy (non-hydrogen) atoms. The van der Waals surface area contributed by atoms with E-state index in [1.807, 2.05) is 0 Å². The van der Waals surface area contributed by atoms with E-state index < -0.39 is 12.2 Å². The Bertz CT molecular complexity index is 829. The first-order valence-electron chi connectivity index (χ1n) is 12.6. The van der Waals surface area contributed by atoms with Crippen molar-refractivity contribution in [3.8, 4) is 0 Å². The maximum absolute atomic E-state index is 12.1. The van der Waals surface area contributed by atoms with Gasteiger partial charge < -0.3 is 29.2 Å². The molecule has 1 N–H and O–H groups in total. The molecule has 3 rings (SSSR count). The average molecular weight is 491 g/mol. The second kappa shape index (κ2) is 11.7. The highest BCUT2D eigenvalue weighted by atomic mass is 16.7. The number of hydrogen-bond donors (Lipinski definition) is 1. The van der Waals surface area contributed by atoms with Crippen LogP contribution >= 0.6 is 0 Å². The zero-order valence-electron chi connectivity index (χ0n) is 22.0. The molecule has 196 valence electrons. The first-order valence-corrected chi connectivity index (χ1v) is 12.6. The van der Waals surface area contributed by atoms with Crippen LogP contribution < -0.4 is 5.32 Å². The van der Waals surface area contributed by atoms with Crippen LogP contribution in [0.1, 0.15) is 59.8 Å². The number of hydrogen-bond acceptors (Lipinski definition) is 6. The predicted octanol–water partition coefficient (Wildman–Crippen LogP) is 4.12. The molecule has 0 aromatic heterocycles. The van der Waals surface area contributed by atoms with Crippen LogP contribution in [0.25, 0.3) is 0 Å². The van der Waals surface area contributed by atoms with E-state index in [1.54, 1.807) is 21.0 Å². The van der Waals surface area contributed by atoms with E-state index in [2.05, 4.69) is 44.3 Å². The minimum absolute atomic E-state index is 0.0515. The van der Waals surface area contributed by atoms with Crippen molar-refractivity contribution in [1.82, 2.24) is 10.2 Å². The van der Waals surface area contributed by atoms with Gasteiger partial charge in [0.2, 0.25) is 5.91 Å². The Kier molecular flexibility index (Phi) is 9.18. The monoisotopic (exact) mass is 490 g/mol. The van der Waals surface area contributed by atoms with Crippen LogP contribution in [0, 0.1) is 5.41 Å². The van der Waals surface area contributed by atoms with Crippen molar-refractivity contribution in [2.75, 3.05) is 27.3 Å². The van der Waals surface area contributed by atoms with E-state index in [0.29, 0.717) is 25.0 Å². The third-order valence-corrected chi connectivity index (χ3v) is 6.55. The Morgan fingerprint density at radius 3 is 2.49 bits per heavy atom. The van der Waals surface area contributed by atoms with Crippen LogP contribution in [0.3, 0.4) is 0 Å². The van der Waals surface area contributed by atoms with Gasteiger partial charge in [-0.3, -0.25) is 4.79 Å². The van der Waals surface area contributed by atoms with Crippen molar-refractivity contribution >= 4 is 12.0 Å². The predicted molar refractivity (Wildman–Crippen MR) is 134 cm³/mol. The van der Waals surface area contributed by atoms with Crippen LogP contribution in [0.5, 0.6) is 0 Å². The highest BCUT2D eigenvalue weighted by molar-refractivity contribution is 5.87. The second-order valence-electron chi connectivity index (χ2n) is 11.0. The van der Waals surface area contributed by atoms with Crippen molar-refractivity contribution in [1.29, 1.82) is 0 Å². The van der Waals surface area contributed by atoms with E-state index in [4.69, 9.17) is 18.9 Å². The van der Waals surface area contributed by atoms with Crippen LogP contribution in [-0.4, -0.2) is 74.4 Å². The second-order valence-corrected chi connectivity index (χ2v) is 11.0. The lowest BCUT2D eigenvalue weighted by molar-refractivity contribution is -0.187. The molecule has 2 amide bonds. The van der Waals surface area contributed by atoms with E-state index in [-0.39, 0.29) is 29.9 Å². The summed E-state index contributed by atoms with van der Waals surface area (Å²) in [5.74, 6) is -0.282. The quantitative estimate of drug-likeness (QED) is 0.407. The maximum Gasteiger partial charge on any atom is 0.409 e. The number of rotatable bonds is 8. The van der Waals surface area contributed by atoms with E-state index in [9.17, 15) is 9.59 Å². The van der Waals surface area contributed by atoms with Gasteiger partial charge in [0.25, 0.3) is 0 Å². The van der Waals surface area contributed by atoms with Gasteiger partial charge in [-0.2, -0.15) is 0 Å². The van der Waals surface area contributed by atoms with Crippen LogP contribution in [0.15, 0.2) is 36.0 Å². The van der Waals surface area contributed by atoms with E-state index in [1.165, 1.54) is 36.3 Å². The Labute approximate surface area is 209 Å². The van der Waals surface area contributed by atoms with Crippen molar-refractivity contribution in [2.45, 2.75) is 89.9 Å². The smallest absolute Gasteiger partial charge is 0.409 e. The minimum atomic E-state index is -0.506. The first kappa shape index (κ1) is 27.4. The number of nitrogens with zero attached hydrogens (tertiary/aromatic N) is 1. The van der Waals surface area contributed by atoms with Crippen molar-refractivity contribution < 1.29 is 28.5 Å². The van der Waals surface area contributed by atoms with Gasteiger partial charge in [-0.15, -0.1) is 0 Å². The molecule has 1 saturated carbocycles. The molecule has 2 saturated heterocycles. The molecular formula is C27H42N2O6. The molecule has 8 heteroatoms. The number of allylic oxidation sites excluding steroid dienone is 2. The number of amides is 2. The van der Waals surface area contributed by atoms with Gasteiger partial charge in [-0.05, 0) is 64.9 Å². The molecule has 0 unspecified atom stereocenters. The number of ether oxygens (including phenoxy) is 4. The molecule has 2 aliphatic heterocycles. The van der Waals surface area contributed by atoms with Crippen LogP contribution in [0.4, 0.5) is 4.79 Å². The molecular weight excluding hydrogens is 448 g/mol. The maximum atomic E-state index is 12.1. The molecule has 1 aliphatic carbocycles. The fourth-order valence-electron chi connectivity index (χ4n) is 4.71. The molecule has 0 aromatic rings. The first-order chi connectivity index (χ1) is 16.5. The Morgan fingerprint density at radius 1 is 1.17 bits per heavy atom.